The molecule has 0 saturated heterocycles. The van der Waals surface area contributed by atoms with Crippen LogP contribution in [0.15, 0.2) is 36.9 Å². The number of ether oxygens (including phenoxy) is 1. The largest absolute Gasteiger partial charge is 0.493 e. The third-order valence-electron chi connectivity index (χ3n) is 5.69. The second-order valence-corrected chi connectivity index (χ2v) is 7.38. The molecule has 0 atom stereocenters. The number of benzene rings is 1. The van der Waals surface area contributed by atoms with Crippen molar-refractivity contribution in [1.82, 2.24) is 24.6 Å². The molecule has 0 saturated carbocycles. The number of halogens is 3. The molecule has 0 N–H and O–H groups in total. The number of rotatable bonds is 5. The van der Waals surface area contributed by atoms with Gasteiger partial charge >= 0.3 is 0 Å². The van der Waals surface area contributed by atoms with Crippen LogP contribution in [0.25, 0.3) is 16.8 Å². The van der Waals surface area contributed by atoms with Gasteiger partial charge in [0.1, 0.15) is 29.4 Å². The molecule has 1 aliphatic rings. The van der Waals surface area contributed by atoms with Gasteiger partial charge in [-0.15, -0.1) is 10.2 Å². The van der Waals surface area contributed by atoms with E-state index in [-0.39, 0.29) is 11.5 Å². The molecule has 6 nitrogen and oxygen atoms in total. The summed E-state index contributed by atoms with van der Waals surface area (Å²) in [5.74, 6) is 1.13. The van der Waals surface area contributed by atoms with E-state index in [9.17, 15) is 13.2 Å². The highest BCUT2D eigenvalue weighted by Crippen LogP contribution is 2.33. The number of hydrogen-bond acceptors (Lipinski definition) is 5. The van der Waals surface area contributed by atoms with E-state index in [0.717, 1.165) is 11.3 Å². The number of nitrogens with zero attached hydrogens (tertiary/aromatic N) is 5. The fourth-order valence-corrected chi connectivity index (χ4v) is 4.13. The fraction of sp³-hybridized carbons (Fsp3) is 0.273. The van der Waals surface area contributed by atoms with Gasteiger partial charge in [-0.3, -0.25) is 9.38 Å². The second-order valence-electron chi connectivity index (χ2n) is 7.38. The number of aryl methyl sites for hydroxylation is 1. The van der Waals surface area contributed by atoms with E-state index in [1.54, 1.807) is 29.7 Å². The summed E-state index contributed by atoms with van der Waals surface area (Å²) in [5, 5.41) is 8.15. The minimum absolute atomic E-state index is 0.257. The Hall–Kier alpha value is -3.49. The van der Waals surface area contributed by atoms with Crippen molar-refractivity contribution in [3.8, 4) is 16.9 Å². The monoisotopic (exact) mass is 425 g/mol. The zero-order chi connectivity index (χ0) is 21.5. The number of aromatic nitrogens is 5. The topological polar surface area (TPSA) is 65.2 Å². The minimum Gasteiger partial charge on any atom is -0.493 e. The Morgan fingerprint density at radius 2 is 2.00 bits per heavy atom. The summed E-state index contributed by atoms with van der Waals surface area (Å²) in [7, 11) is 0. The molecule has 0 bridgehead atoms. The van der Waals surface area contributed by atoms with Crippen molar-refractivity contribution in [3.05, 3.63) is 70.9 Å². The molecular formula is C22H18F3N5O. The summed E-state index contributed by atoms with van der Waals surface area (Å²) >= 11 is 0. The van der Waals surface area contributed by atoms with E-state index in [4.69, 9.17) is 4.74 Å². The molecule has 4 heterocycles. The smallest absolute Gasteiger partial charge is 0.280 e. The van der Waals surface area contributed by atoms with Gasteiger partial charge in [0.2, 0.25) is 0 Å². The van der Waals surface area contributed by atoms with Gasteiger partial charge in [-0.1, -0.05) is 0 Å². The van der Waals surface area contributed by atoms with Gasteiger partial charge < -0.3 is 4.74 Å². The van der Waals surface area contributed by atoms with Crippen LogP contribution in [0.5, 0.6) is 5.75 Å². The van der Waals surface area contributed by atoms with Crippen LogP contribution in [0.1, 0.15) is 34.6 Å². The molecule has 31 heavy (non-hydrogen) atoms. The van der Waals surface area contributed by atoms with Crippen LogP contribution in [0.2, 0.25) is 0 Å². The van der Waals surface area contributed by atoms with Crippen LogP contribution in [0, 0.1) is 12.7 Å². The lowest BCUT2D eigenvalue weighted by Crippen LogP contribution is -2.06. The molecule has 0 aliphatic carbocycles. The van der Waals surface area contributed by atoms with Crippen LogP contribution in [0.3, 0.4) is 0 Å². The third kappa shape index (κ3) is 3.30. The standard InChI is InChI=1S/C22H18F3N5O/c1-12-13(6-8-26-20(12)21(24)25)16-10-27-19(30-11-28-29-22(16)30)5-2-14-15-7-9-31-18(15)4-3-17(14)23/h3-4,6,8,10-11,21H,2,5,7,9H2,1H3. The van der Waals surface area contributed by atoms with Crippen LogP contribution < -0.4 is 4.74 Å². The van der Waals surface area contributed by atoms with Crippen LogP contribution in [-0.2, 0) is 19.3 Å². The first-order valence-electron chi connectivity index (χ1n) is 9.89. The quantitative estimate of drug-likeness (QED) is 0.477. The Bertz CT molecular complexity index is 1290. The molecule has 0 fully saturated rings. The fourth-order valence-electron chi connectivity index (χ4n) is 4.13. The van der Waals surface area contributed by atoms with E-state index in [1.807, 2.05) is 0 Å². The average molecular weight is 425 g/mol. The van der Waals surface area contributed by atoms with Crippen molar-refractivity contribution < 1.29 is 17.9 Å². The van der Waals surface area contributed by atoms with E-state index in [2.05, 4.69) is 20.2 Å². The summed E-state index contributed by atoms with van der Waals surface area (Å²) < 4.78 is 48.3. The second kappa shape index (κ2) is 7.64. The first-order chi connectivity index (χ1) is 15.0. The summed E-state index contributed by atoms with van der Waals surface area (Å²) in [4.78, 5) is 8.32. The van der Waals surface area contributed by atoms with E-state index >= 15 is 0 Å². The molecule has 158 valence electrons. The predicted octanol–water partition coefficient (Wildman–Crippen LogP) is 4.29. The molecule has 0 amide bonds. The molecule has 3 aromatic heterocycles. The van der Waals surface area contributed by atoms with Gasteiger partial charge in [0.05, 0.1) is 6.61 Å². The highest BCUT2D eigenvalue weighted by atomic mass is 19.3. The van der Waals surface area contributed by atoms with Gasteiger partial charge in [-0.05, 0) is 48.2 Å². The molecule has 9 heteroatoms. The van der Waals surface area contributed by atoms with Crippen LogP contribution in [-0.4, -0.2) is 31.2 Å². The lowest BCUT2D eigenvalue weighted by Gasteiger charge is -2.13. The number of fused-ring (bicyclic) bond motifs is 2. The maximum absolute atomic E-state index is 14.5. The maximum atomic E-state index is 14.5. The molecule has 4 aromatic rings. The Morgan fingerprint density at radius 3 is 2.84 bits per heavy atom. The minimum atomic E-state index is -2.67. The van der Waals surface area contributed by atoms with Gasteiger partial charge in [0, 0.05) is 36.4 Å². The highest BCUT2D eigenvalue weighted by molar-refractivity contribution is 5.79. The first kappa shape index (κ1) is 19.5. The SMILES string of the molecule is Cc1c(-c2cnc(CCc3c(F)ccc4c3CCO4)n3cnnc23)ccnc1C(F)F. The van der Waals surface area contributed by atoms with Gasteiger partial charge in [0.15, 0.2) is 5.65 Å². The molecular weight excluding hydrogens is 407 g/mol. The van der Waals surface area contributed by atoms with E-state index in [1.165, 1.54) is 18.6 Å². The average Bonchev–Trinajstić information content (AvgIpc) is 3.43. The third-order valence-corrected chi connectivity index (χ3v) is 5.69. The van der Waals surface area contributed by atoms with Crippen molar-refractivity contribution in [2.45, 2.75) is 32.6 Å². The van der Waals surface area contributed by atoms with Crippen molar-refractivity contribution in [1.29, 1.82) is 0 Å². The Kier molecular flexibility index (Phi) is 4.80. The zero-order valence-corrected chi connectivity index (χ0v) is 16.6. The number of hydrogen-bond donors (Lipinski definition) is 0. The van der Waals surface area contributed by atoms with Crippen LogP contribution in [0.4, 0.5) is 13.2 Å². The summed E-state index contributed by atoms with van der Waals surface area (Å²) in [6, 6.07) is 4.75. The lowest BCUT2D eigenvalue weighted by atomic mass is 9.99. The van der Waals surface area contributed by atoms with Crippen molar-refractivity contribution in [2.24, 2.45) is 0 Å². The molecule has 1 aromatic carbocycles. The normalized spacial score (nSPS) is 13.1. The molecule has 1 aliphatic heterocycles. The number of pyridine rings is 1. The summed E-state index contributed by atoms with van der Waals surface area (Å²) in [5.41, 5.74) is 3.31. The maximum Gasteiger partial charge on any atom is 0.280 e. The van der Waals surface area contributed by atoms with E-state index in [0.29, 0.717) is 59.6 Å². The number of alkyl halides is 2. The lowest BCUT2D eigenvalue weighted by molar-refractivity contribution is 0.145. The van der Waals surface area contributed by atoms with Gasteiger partial charge in [0.25, 0.3) is 6.43 Å². The predicted molar refractivity (Wildman–Crippen MR) is 107 cm³/mol. The summed E-state index contributed by atoms with van der Waals surface area (Å²) in [6.07, 6.45) is 3.40. The van der Waals surface area contributed by atoms with Crippen LogP contribution >= 0.6 is 0 Å². The van der Waals surface area contributed by atoms with Crippen molar-refractivity contribution >= 4 is 5.65 Å². The van der Waals surface area contributed by atoms with Crippen molar-refractivity contribution in [3.63, 3.8) is 0 Å². The molecule has 5 rings (SSSR count). The Morgan fingerprint density at radius 1 is 1.13 bits per heavy atom. The van der Waals surface area contributed by atoms with Crippen molar-refractivity contribution in [2.75, 3.05) is 6.61 Å². The van der Waals surface area contributed by atoms with E-state index < -0.39 is 6.43 Å². The summed E-state index contributed by atoms with van der Waals surface area (Å²) in [6.45, 7) is 2.16. The van der Waals surface area contributed by atoms with Gasteiger partial charge in [-0.25, -0.2) is 18.2 Å². The molecule has 0 radical (unpaired) electrons. The molecule has 0 spiro atoms. The Balaban J connectivity index is 1.51. The molecule has 0 unspecified atom stereocenters. The first-order valence-corrected chi connectivity index (χ1v) is 9.89. The highest BCUT2D eigenvalue weighted by Gasteiger charge is 2.21. The Labute approximate surface area is 175 Å². The van der Waals surface area contributed by atoms with Gasteiger partial charge in [-0.2, -0.15) is 0 Å². The zero-order valence-electron chi connectivity index (χ0n) is 16.6.